The van der Waals surface area contributed by atoms with E-state index in [0.29, 0.717) is 0 Å². The molecule has 5 heteroatoms. The maximum absolute atomic E-state index is 11.6. The Hall–Kier alpha value is -1.10. The zero-order chi connectivity index (χ0) is 16.4. The van der Waals surface area contributed by atoms with Gasteiger partial charge in [0.1, 0.15) is 6.54 Å². The molecular weight excluding hydrogens is 198 g/mol. The summed E-state index contributed by atoms with van der Waals surface area (Å²) in [5.74, 6) is -2.79. The summed E-state index contributed by atoms with van der Waals surface area (Å²) in [7, 11) is 5.21. The normalized spacial score (nSPS) is 20.1. The van der Waals surface area contributed by atoms with Gasteiger partial charge in [0, 0.05) is 13.2 Å². The van der Waals surface area contributed by atoms with Crippen molar-refractivity contribution in [2.45, 2.75) is 25.7 Å². The van der Waals surface area contributed by atoms with Crippen molar-refractivity contribution in [3.8, 4) is 0 Å². The Morgan fingerprint density at radius 2 is 2.13 bits per heavy atom. The molecule has 0 saturated heterocycles. The Balaban J connectivity index is 4.99. The molecule has 0 amide bonds. The molecule has 0 unspecified atom stereocenters. The van der Waals surface area contributed by atoms with Crippen LogP contribution in [-0.4, -0.2) is 55.3 Å². The van der Waals surface area contributed by atoms with Crippen LogP contribution in [0.1, 0.15) is 26.5 Å². The minimum atomic E-state index is -3.17. The molecule has 1 N–H and O–H groups in total. The van der Waals surface area contributed by atoms with Crippen LogP contribution < -0.4 is 0 Å². The van der Waals surface area contributed by atoms with Gasteiger partial charge in [-0.3, -0.25) is 9.59 Å². The number of carboxylic acid groups (broad SMARTS) is 1. The largest absolute Gasteiger partial charge is 0.481 e. The fourth-order valence-electron chi connectivity index (χ4n) is 1.13. The molecule has 0 aliphatic carbocycles. The first kappa shape index (κ1) is 7.22. The maximum Gasteiger partial charge on any atom is 0.307 e. The minimum absolute atomic E-state index is 0.120. The van der Waals surface area contributed by atoms with Crippen molar-refractivity contribution < 1.29 is 30.8 Å². The summed E-state index contributed by atoms with van der Waals surface area (Å²) in [5, 5.41) is 8.75. The molecule has 1 atom stereocenters. The lowest BCUT2D eigenvalue weighted by Crippen LogP contribution is -2.43. The molecule has 0 saturated carbocycles. The molecular formula is C10H20NO4+. The molecule has 15 heavy (non-hydrogen) atoms. The second-order valence-corrected chi connectivity index (χ2v) is 4.22. The lowest BCUT2D eigenvalue weighted by molar-refractivity contribution is -0.873. The fraction of sp³-hybridized carbons (Fsp3) is 0.800. The summed E-state index contributed by atoms with van der Waals surface area (Å²) in [5.41, 5.74) is 0. The van der Waals surface area contributed by atoms with E-state index < -0.39 is 37.7 Å². The number of hydrogen-bond donors (Lipinski definition) is 1. The third-order valence-electron chi connectivity index (χ3n) is 1.53. The molecule has 5 nitrogen and oxygen atoms in total. The molecule has 0 aromatic heterocycles. The lowest BCUT2D eigenvalue weighted by Gasteiger charge is -2.28. The SMILES string of the molecule is [2H]C([2H])([2H])C([2H])([2H])C(=O)O[C@H](CC(=O)O)C[N+](C)(C)C. The van der Waals surface area contributed by atoms with Crippen LogP contribution in [0.2, 0.25) is 0 Å². The molecule has 0 aliphatic heterocycles. The van der Waals surface area contributed by atoms with Crippen LogP contribution >= 0.6 is 0 Å². The number of ether oxygens (including phenoxy) is 1. The van der Waals surface area contributed by atoms with Crippen LogP contribution in [0.25, 0.3) is 0 Å². The van der Waals surface area contributed by atoms with Crippen LogP contribution in [-0.2, 0) is 14.3 Å². The summed E-state index contributed by atoms with van der Waals surface area (Å²) in [6.45, 7) is -3.05. The van der Waals surface area contributed by atoms with E-state index in [-0.39, 0.29) is 11.0 Å². The highest BCUT2D eigenvalue weighted by Crippen LogP contribution is 2.06. The van der Waals surface area contributed by atoms with Crippen LogP contribution in [0.15, 0.2) is 0 Å². The highest BCUT2D eigenvalue weighted by molar-refractivity contribution is 5.71. The molecule has 0 aromatic carbocycles. The first-order chi connectivity index (χ1) is 8.67. The van der Waals surface area contributed by atoms with Crippen molar-refractivity contribution in [2.75, 3.05) is 27.7 Å². The van der Waals surface area contributed by atoms with Gasteiger partial charge in [-0.05, 0) is 0 Å². The van der Waals surface area contributed by atoms with E-state index in [0.717, 1.165) is 0 Å². The predicted molar refractivity (Wildman–Crippen MR) is 55.3 cm³/mol. The van der Waals surface area contributed by atoms with Crippen molar-refractivity contribution in [1.29, 1.82) is 0 Å². The summed E-state index contributed by atoms with van der Waals surface area (Å²) < 4.78 is 40.5. The quantitative estimate of drug-likeness (QED) is 0.526. The van der Waals surface area contributed by atoms with Crippen LogP contribution in [0.3, 0.4) is 0 Å². The van der Waals surface area contributed by atoms with Gasteiger partial charge in [-0.15, -0.1) is 0 Å². The number of aliphatic carboxylic acids is 1. The Morgan fingerprint density at radius 1 is 1.53 bits per heavy atom. The van der Waals surface area contributed by atoms with Crippen molar-refractivity contribution in [1.82, 2.24) is 0 Å². The van der Waals surface area contributed by atoms with Gasteiger partial charge in [0.15, 0.2) is 6.10 Å². The summed E-state index contributed by atoms with van der Waals surface area (Å²) >= 11 is 0. The third-order valence-corrected chi connectivity index (χ3v) is 1.53. The Kier molecular flexibility index (Phi) is 2.74. The van der Waals surface area contributed by atoms with E-state index in [1.165, 1.54) is 0 Å². The molecule has 0 spiro atoms. The number of hydrogen-bond acceptors (Lipinski definition) is 3. The summed E-state index contributed by atoms with van der Waals surface area (Å²) in [6.07, 6.45) is -4.79. The lowest BCUT2D eigenvalue weighted by atomic mass is 10.2. The van der Waals surface area contributed by atoms with Crippen molar-refractivity contribution in [3.05, 3.63) is 0 Å². The maximum atomic E-state index is 11.6. The molecule has 88 valence electrons. The van der Waals surface area contributed by atoms with Gasteiger partial charge < -0.3 is 14.3 Å². The Labute approximate surface area is 97.2 Å². The minimum Gasteiger partial charge on any atom is -0.481 e. The number of carbonyl (C=O) groups excluding carboxylic acids is 1. The summed E-state index contributed by atoms with van der Waals surface area (Å²) in [4.78, 5) is 22.4. The second kappa shape index (κ2) is 5.70. The molecule has 0 heterocycles. The standard InChI is InChI=1S/C10H19NO4/c1-5-10(14)15-8(6-9(12)13)7-11(2,3)4/h8H,5-7H2,1-4H3/p+1/t8-/m1/s1/i1D3,5D2. The third kappa shape index (κ3) is 7.93. The summed E-state index contributed by atoms with van der Waals surface area (Å²) in [6, 6.07) is 0. The van der Waals surface area contributed by atoms with Gasteiger partial charge in [0.2, 0.25) is 0 Å². The van der Waals surface area contributed by atoms with Crippen LogP contribution in [0.4, 0.5) is 0 Å². The fourth-order valence-corrected chi connectivity index (χ4v) is 1.13. The molecule has 0 aromatic rings. The van der Waals surface area contributed by atoms with E-state index in [9.17, 15) is 9.59 Å². The predicted octanol–water partition coefficient (Wildman–Crippen LogP) is 0.489. The monoisotopic (exact) mass is 223 g/mol. The van der Waals surface area contributed by atoms with E-state index >= 15 is 0 Å². The van der Waals surface area contributed by atoms with Crippen LogP contribution in [0, 0.1) is 0 Å². The van der Waals surface area contributed by atoms with Crippen molar-refractivity contribution in [3.63, 3.8) is 0 Å². The van der Waals surface area contributed by atoms with Crippen molar-refractivity contribution in [2.24, 2.45) is 0 Å². The smallest absolute Gasteiger partial charge is 0.307 e. The van der Waals surface area contributed by atoms with Gasteiger partial charge in [-0.2, -0.15) is 0 Å². The second-order valence-electron chi connectivity index (χ2n) is 4.22. The van der Waals surface area contributed by atoms with Crippen molar-refractivity contribution >= 4 is 11.9 Å². The van der Waals surface area contributed by atoms with Gasteiger partial charge in [0.05, 0.1) is 27.6 Å². The van der Waals surface area contributed by atoms with Gasteiger partial charge in [-0.25, -0.2) is 0 Å². The van der Waals surface area contributed by atoms with E-state index in [4.69, 9.17) is 16.7 Å². The number of esters is 1. The molecule has 0 fully saturated rings. The number of likely N-dealkylation sites (N-methyl/N-ethyl adjacent to an activating group) is 1. The van der Waals surface area contributed by atoms with Gasteiger partial charge in [-0.1, -0.05) is 6.85 Å². The van der Waals surface area contributed by atoms with E-state index in [1.54, 1.807) is 21.1 Å². The van der Waals surface area contributed by atoms with E-state index in [2.05, 4.69) is 0 Å². The van der Waals surface area contributed by atoms with Gasteiger partial charge >= 0.3 is 11.9 Å². The number of nitrogens with zero attached hydrogens (tertiary/aromatic N) is 1. The zero-order valence-electron chi connectivity index (χ0n) is 14.1. The first-order valence-corrected chi connectivity index (χ1v) is 4.40. The molecule has 0 aliphatic rings. The topological polar surface area (TPSA) is 63.6 Å². The average molecular weight is 223 g/mol. The number of carboxylic acids is 1. The number of rotatable bonds is 6. The average Bonchev–Trinajstić information content (AvgIpc) is 2.10. The number of quaternary nitrogens is 1. The van der Waals surface area contributed by atoms with Crippen LogP contribution in [0.5, 0.6) is 0 Å². The van der Waals surface area contributed by atoms with Gasteiger partial charge in [0.25, 0.3) is 0 Å². The molecule has 0 bridgehead atoms. The highest BCUT2D eigenvalue weighted by Gasteiger charge is 2.23. The number of carbonyl (C=O) groups is 2. The Morgan fingerprint density at radius 3 is 2.53 bits per heavy atom. The molecule has 0 rings (SSSR count). The zero-order valence-corrected chi connectivity index (χ0v) is 9.11. The Bertz CT molecular complexity index is 375. The molecule has 0 radical (unpaired) electrons. The highest BCUT2D eigenvalue weighted by atomic mass is 16.5. The first-order valence-electron chi connectivity index (χ1n) is 6.90. The van der Waals surface area contributed by atoms with E-state index in [1.807, 2.05) is 0 Å².